The molecule has 1 saturated heterocycles. The average molecular weight is 270 g/mol. The van der Waals surface area contributed by atoms with Gasteiger partial charge in [0.05, 0.1) is 23.2 Å². The van der Waals surface area contributed by atoms with E-state index in [1.165, 1.54) is 0 Å². The first-order valence-electron chi connectivity index (χ1n) is 5.49. The first-order chi connectivity index (χ1) is 8.88. The van der Waals surface area contributed by atoms with Gasteiger partial charge < -0.3 is 15.1 Å². The van der Waals surface area contributed by atoms with Gasteiger partial charge in [0.2, 0.25) is 0 Å². The van der Waals surface area contributed by atoms with Crippen molar-refractivity contribution >= 4 is 11.6 Å². The molecule has 0 aromatic heterocycles. The third-order valence-electron chi connectivity index (χ3n) is 2.89. The number of nitrogens with zero attached hydrogens (tertiary/aromatic N) is 2. The molecule has 1 aliphatic heterocycles. The van der Waals surface area contributed by atoms with E-state index >= 15 is 0 Å². The summed E-state index contributed by atoms with van der Waals surface area (Å²) in [6.07, 6.45) is -2.13. The molecule has 1 aromatic carbocycles. The molecule has 0 saturated carbocycles. The predicted molar refractivity (Wildman–Crippen MR) is 61.0 cm³/mol. The largest absolute Gasteiger partial charge is 0.388 e. The van der Waals surface area contributed by atoms with Crippen LogP contribution in [0, 0.1) is 15.9 Å². The summed E-state index contributed by atoms with van der Waals surface area (Å²) in [6.45, 7) is -0.186. The summed E-state index contributed by atoms with van der Waals surface area (Å²) in [5.74, 6) is -1.56. The second kappa shape index (κ2) is 4.90. The van der Waals surface area contributed by atoms with Crippen LogP contribution in [-0.2, 0) is 0 Å². The van der Waals surface area contributed by atoms with Crippen LogP contribution >= 0.6 is 0 Å². The minimum atomic E-state index is -1.06. The molecule has 7 nitrogen and oxygen atoms in total. The van der Waals surface area contributed by atoms with Crippen LogP contribution in [-0.4, -0.2) is 51.2 Å². The number of hydrogen-bond donors (Lipinski definition) is 2. The molecule has 2 atom stereocenters. The lowest BCUT2D eigenvalue weighted by molar-refractivity contribution is -0.385. The van der Waals surface area contributed by atoms with Gasteiger partial charge in [-0.15, -0.1) is 0 Å². The molecule has 1 fully saturated rings. The number of benzene rings is 1. The number of rotatable bonds is 2. The van der Waals surface area contributed by atoms with Crippen molar-refractivity contribution in [3.05, 3.63) is 39.7 Å². The smallest absolute Gasteiger partial charge is 0.273 e. The maximum Gasteiger partial charge on any atom is 0.273 e. The van der Waals surface area contributed by atoms with Crippen molar-refractivity contribution in [1.82, 2.24) is 4.90 Å². The van der Waals surface area contributed by atoms with E-state index < -0.39 is 34.5 Å². The molecule has 8 heteroatoms. The summed E-state index contributed by atoms with van der Waals surface area (Å²) < 4.78 is 13.2. The molecular formula is C11H11FN2O5. The zero-order chi connectivity index (χ0) is 14.2. The number of carbonyl (C=O) groups excluding carboxylic acids is 1. The third kappa shape index (κ3) is 2.69. The van der Waals surface area contributed by atoms with E-state index in [0.717, 1.165) is 17.0 Å². The van der Waals surface area contributed by atoms with E-state index in [1.807, 2.05) is 0 Å². The Morgan fingerprint density at radius 1 is 1.32 bits per heavy atom. The van der Waals surface area contributed by atoms with Gasteiger partial charge in [-0.3, -0.25) is 14.9 Å². The lowest BCUT2D eigenvalue weighted by Crippen LogP contribution is -2.29. The number of aliphatic hydroxyl groups excluding tert-OH is 2. The van der Waals surface area contributed by atoms with Crippen LogP contribution in [0.25, 0.3) is 0 Å². The maximum atomic E-state index is 13.2. The highest BCUT2D eigenvalue weighted by Crippen LogP contribution is 2.20. The summed E-state index contributed by atoms with van der Waals surface area (Å²) in [7, 11) is 0. The Labute approximate surface area is 107 Å². The van der Waals surface area contributed by atoms with Gasteiger partial charge in [0, 0.05) is 24.7 Å². The van der Waals surface area contributed by atoms with Gasteiger partial charge in [0.25, 0.3) is 11.6 Å². The van der Waals surface area contributed by atoms with Crippen molar-refractivity contribution < 1.29 is 24.3 Å². The number of likely N-dealkylation sites (tertiary alicyclic amines) is 1. The fraction of sp³-hybridized carbons (Fsp3) is 0.364. The first-order valence-corrected chi connectivity index (χ1v) is 5.49. The Balaban J connectivity index is 2.27. The summed E-state index contributed by atoms with van der Waals surface area (Å²) in [5.41, 5.74) is -0.711. The van der Waals surface area contributed by atoms with Gasteiger partial charge in [-0.05, 0) is 6.07 Å². The van der Waals surface area contributed by atoms with Crippen LogP contribution in [0.1, 0.15) is 10.4 Å². The van der Waals surface area contributed by atoms with Crippen molar-refractivity contribution in [2.75, 3.05) is 13.1 Å². The number of nitro benzene ring substituents is 1. The number of amides is 1. The quantitative estimate of drug-likeness (QED) is 0.577. The van der Waals surface area contributed by atoms with Gasteiger partial charge in [-0.25, -0.2) is 4.39 Å². The fourth-order valence-electron chi connectivity index (χ4n) is 1.92. The SMILES string of the molecule is O=C(c1cc(F)cc([N+](=O)[O-])c1)N1C[C@@H](O)[C@@H](O)C1. The van der Waals surface area contributed by atoms with Gasteiger partial charge in [-0.1, -0.05) is 0 Å². The number of nitro groups is 1. The van der Waals surface area contributed by atoms with Gasteiger partial charge >= 0.3 is 0 Å². The second-order valence-electron chi connectivity index (χ2n) is 4.30. The fourth-order valence-corrected chi connectivity index (χ4v) is 1.92. The second-order valence-corrected chi connectivity index (χ2v) is 4.30. The number of β-amino-alcohol motifs (C(OH)–C–C–N with tert-alkyl or cyclic N) is 2. The third-order valence-corrected chi connectivity index (χ3v) is 2.89. The molecule has 102 valence electrons. The molecule has 2 N–H and O–H groups in total. The summed E-state index contributed by atoms with van der Waals surface area (Å²) in [4.78, 5) is 22.9. The number of carbonyl (C=O) groups is 1. The van der Waals surface area contributed by atoms with E-state index in [1.54, 1.807) is 0 Å². The van der Waals surface area contributed by atoms with Crippen molar-refractivity contribution in [2.45, 2.75) is 12.2 Å². The molecule has 0 radical (unpaired) electrons. The lowest BCUT2D eigenvalue weighted by atomic mass is 10.1. The first kappa shape index (κ1) is 13.4. The van der Waals surface area contributed by atoms with Gasteiger partial charge in [0.1, 0.15) is 5.82 Å². The molecule has 1 heterocycles. The van der Waals surface area contributed by atoms with E-state index in [9.17, 15) is 29.5 Å². The average Bonchev–Trinajstić information content (AvgIpc) is 2.68. The van der Waals surface area contributed by atoms with Crippen LogP contribution in [0.4, 0.5) is 10.1 Å². The molecule has 0 bridgehead atoms. The summed E-state index contributed by atoms with van der Waals surface area (Å²) in [6, 6.07) is 2.55. The molecule has 1 aliphatic rings. The molecule has 2 rings (SSSR count). The van der Waals surface area contributed by atoms with Crippen LogP contribution in [0.2, 0.25) is 0 Å². The van der Waals surface area contributed by atoms with E-state index in [0.29, 0.717) is 6.07 Å². The molecule has 19 heavy (non-hydrogen) atoms. The van der Waals surface area contributed by atoms with E-state index in [2.05, 4.69) is 0 Å². The van der Waals surface area contributed by atoms with Gasteiger partial charge in [-0.2, -0.15) is 0 Å². The van der Waals surface area contributed by atoms with E-state index in [-0.39, 0.29) is 18.7 Å². The highest BCUT2D eigenvalue weighted by atomic mass is 19.1. The number of hydrogen-bond acceptors (Lipinski definition) is 5. The van der Waals surface area contributed by atoms with Crippen LogP contribution in [0.3, 0.4) is 0 Å². The van der Waals surface area contributed by atoms with Gasteiger partial charge in [0.15, 0.2) is 0 Å². The number of non-ortho nitro benzene ring substituents is 1. The van der Waals surface area contributed by atoms with Crippen molar-refractivity contribution in [1.29, 1.82) is 0 Å². The zero-order valence-electron chi connectivity index (χ0n) is 9.69. The van der Waals surface area contributed by atoms with E-state index in [4.69, 9.17) is 0 Å². The van der Waals surface area contributed by atoms with Crippen LogP contribution < -0.4 is 0 Å². The minimum Gasteiger partial charge on any atom is -0.388 e. The van der Waals surface area contributed by atoms with Crippen molar-refractivity contribution in [2.24, 2.45) is 0 Å². The highest BCUT2D eigenvalue weighted by Gasteiger charge is 2.33. The Kier molecular flexibility index (Phi) is 3.45. The normalized spacial score (nSPS) is 22.6. The number of aliphatic hydroxyl groups is 2. The molecule has 0 unspecified atom stereocenters. The summed E-state index contributed by atoms with van der Waals surface area (Å²) >= 11 is 0. The predicted octanol–water partition coefficient (Wildman–Crippen LogP) is -0.0885. The van der Waals surface area contributed by atoms with Crippen LogP contribution in [0.15, 0.2) is 18.2 Å². The Morgan fingerprint density at radius 2 is 1.89 bits per heavy atom. The zero-order valence-corrected chi connectivity index (χ0v) is 9.69. The molecule has 1 amide bonds. The standard InChI is InChI=1S/C11H11FN2O5/c12-7-1-6(2-8(3-7)14(18)19)11(17)13-4-9(15)10(16)5-13/h1-3,9-10,15-16H,4-5H2/t9-,10+. The maximum absolute atomic E-state index is 13.2. The number of halogens is 1. The minimum absolute atomic E-state index is 0.0929. The molecule has 0 spiro atoms. The Hall–Kier alpha value is -2.06. The molecular weight excluding hydrogens is 259 g/mol. The molecule has 0 aliphatic carbocycles. The van der Waals surface area contributed by atoms with Crippen molar-refractivity contribution in [3.8, 4) is 0 Å². The Morgan fingerprint density at radius 3 is 2.42 bits per heavy atom. The lowest BCUT2D eigenvalue weighted by Gasteiger charge is -2.15. The van der Waals surface area contributed by atoms with Crippen molar-refractivity contribution in [3.63, 3.8) is 0 Å². The molecule has 1 aromatic rings. The topological polar surface area (TPSA) is 104 Å². The Bertz CT molecular complexity index is 526. The van der Waals surface area contributed by atoms with Crippen LogP contribution in [0.5, 0.6) is 0 Å². The monoisotopic (exact) mass is 270 g/mol. The summed E-state index contributed by atoms with van der Waals surface area (Å²) in [5, 5.41) is 29.3. The highest BCUT2D eigenvalue weighted by molar-refractivity contribution is 5.95.